The molecule has 0 spiro atoms. The maximum Gasteiger partial charge on any atom is 0.251 e. The highest BCUT2D eigenvalue weighted by atomic mass is 16.2. The molecule has 3 N–H and O–H groups in total. The first-order valence-electron chi connectivity index (χ1n) is 9.97. The van der Waals surface area contributed by atoms with Crippen LogP contribution in [0.4, 0.5) is 0 Å². The minimum atomic E-state index is -0.163. The molecule has 2 atom stereocenters. The third-order valence-electron chi connectivity index (χ3n) is 5.58. The number of carbonyl (C=O) groups is 2. The van der Waals surface area contributed by atoms with Crippen LogP contribution in [0, 0.1) is 0 Å². The topological polar surface area (TPSA) is 75.4 Å². The van der Waals surface area contributed by atoms with Gasteiger partial charge in [-0.15, -0.1) is 0 Å². The van der Waals surface area contributed by atoms with Crippen molar-refractivity contribution in [3.8, 4) is 0 Å². The summed E-state index contributed by atoms with van der Waals surface area (Å²) in [7, 11) is 0. The minimum absolute atomic E-state index is 0.0256. The van der Waals surface area contributed by atoms with Gasteiger partial charge < -0.3 is 16.0 Å². The highest BCUT2D eigenvalue weighted by Crippen LogP contribution is 2.26. The number of hydrogen-bond donors (Lipinski definition) is 2. The second-order valence-corrected chi connectivity index (χ2v) is 7.55. The van der Waals surface area contributed by atoms with Crippen LogP contribution in [0.15, 0.2) is 72.8 Å². The summed E-state index contributed by atoms with van der Waals surface area (Å²) >= 11 is 0. The van der Waals surface area contributed by atoms with E-state index in [1.165, 1.54) is 5.56 Å². The van der Waals surface area contributed by atoms with Crippen LogP contribution >= 0.6 is 0 Å². The Balaban J connectivity index is 1.30. The van der Waals surface area contributed by atoms with Gasteiger partial charge in [-0.2, -0.15) is 0 Å². The summed E-state index contributed by atoms with van der Waals surface area (Å²) in [6.07, 6.45) is 0.271. The Morgan fingerprint density at radius 2 is 1.66 bits per heavy atom. The molecule has 4 rings (SSSR count). The lowest BCUT2D eigenvalue weighted by molar-refractivity contribution is -0.130. The number of hydrogen-bond acceptors (Lipinski definition) is 3. The van der Waals surface area contributed by atoms with Crippen molar-refractivity contribution in [1.82, 2.24) is 10.2 Å². The van der Waals surface area contributed by atoms with Gasteiger partial charge in [-0.1, -0.05) is 60.7 Å². The molecule has 1 fully saturated rings. The highest BCUT2D eigenvalue weighted by molar-refractivity contribution is 5.98. The summed E-state index contributed by atoms with van der Waals surface area (Å²) in [4.78, 5) is 26.8. The Morgan fingerprint density at radius 3 is 2.45 bits per heavy atom. The third-order valence-corrected chi connectivity index (χ3v) is 5.58. The number of likely N-dealkylation sites (tertiary alicyclic amines) is 1. The summed E-state index contributed by atoms with van der Waals surface area (Å²) in [5.41, 5.74) is 8.04. The van der Waals surface area contributed by atoms with E-state index in [0.717, 1.165) is 10.8 Å². The lowest BCUT2D eigenvalue weighted by Gasteiger charge is -2.16. The lowest BCUT2D eigenvalue weighted by Crippen LogP contribution is -2.34. The fraction of sp³-hybridized carbons (Fsp3) is 0.250. The summed E-state index contributed by atoms with van der Waals surface area (Å²) in [6, 6.07) is 23.6. The molecule has 0 saturated carbocycles. The molecule has 1 aliphatic heterocycles. The molecule has 0 unspecified atom stereocenters. The van der Waals surface area contributed by atoms with Crippen LogP contribution in [0.3, 0.4) is 0 Å². The summed E-state index contributed by atoms with van der Waals surface area (Å²) in [6.45, 7) is 1.49. The Labute approximate surface area is 170 Å². The van der Waals surface area contributed by atoms with E-state index in [1.54, 1.807) is 0 Å². The van der Waals surface area contributed by atoms with E-state index >= 15 is 0 Å². The molecular weight excluding hydrogens is 362 g/mol. The SMILES string of the molecule is N[C@@H]1CN(C(=O)CCNC(=O)c2ccc3ccccc3c2)C[C@H]1c1ccccc1. The van der Waals surface area contributed by atoms with E-state index in [9.17, 15) is 9.59 Å². The van der Waals surface area contributed by atoms with Gasteiger partial charge in [0.15, 0.2) is 0 Å². The van der Waals surface area contributed by atoms with Crippen LogP contribution in [-0.2, 0) is 4.79 Å². The van der Waals surface area contributed by atoms with Crippen molar-refractivity contribution in [2.24, 2.45) is 5.73 Å². The van der Waals surface area contributed by atoms with Crippen LogP contribution in [0.5, 0.6) is 0 Å². The number of amides is 2. The number of nitrogens with one attached hydrogen (secondary N) is 1. The van der Waals surface area contributed by atoms with Gasteiger partial charge >= 0.3 is 0 Å². The predicted molar refractivity (Wildman–Crippen MR) is 115 cm³/mol. The Bertz CT molecular complexity index is 1020. The molecular formula is C24H25N3O2. The monoisotopic (exact) mass is 387 g/mol. The van der Waals surface area contributed by atoms with E-state index < -0.39 is 0 Å². The maximum atomic E-state index is 12.6. The van der Waals surface area contributed by atoms with E-state index in [-0.39, 0.29) is 30.2 Å². The highest BCUT2D eigenvalue weighted by Gasteiger charge is 2.33. The summed E-state index contributed by atoms with van der Waals surface area (Å²) in [5, 5.41) is 4.97. The van der Waals surface area contributed by atoms with Crippen molar-refractivity contribution in [1.29, 1.82) is 0 Å². The molecule has 0 aliphatic carbocycles. The molecule has 5 nitrogen and oxygen atoms in total. The molecule has 2 amide bonds. The molecule has 1 heterocycles. The second-order valence-electron chi connectivity index (χ2n) is 7.55. The Kier molecular flexibility index (Phi) is 5.58. The van der Waals surface area contributed by atoms with Crippen molar-refractivity contribution in [2.45, 2.75) is 18.4 Å². The molecule has 5 heteroatoms. The van der Waals surface area contributed by atoms with Gasteiger partial charge in [-0.3, -0.25) is 9.59 Å². The van der Waals surface area contributed by atoms with Crippen LogP contribution in [0.2, 0.25) is 0 Å². The van der Waals surface area contributed by atoms with E-state index in [2.05, 4.69) is 17.4 Å². The molecule has 3 aromatic rings. The first-order valence-corrected chi connectivity index (χ1v) is 9.97. The van der Waals surface area contributed by atoms with Gasteiger partial charge in [0.1, 0.15) is 0 Å². The second kappa shape index (κ2) is 8.45. The number of fused-ring (bicyclic) bond motifs is 1. The molecule has 1 saturated heterocycles. The quantitative estimate of drug-likeness (QED) is 0.707. The zero-order valence-electron chi connectivity index (χ0n) is 16.3. The first-order chi connectivity index (χ1) is 14.1. The molecule has 0 radical (unpaired) electrons. The largest absolute Gasteiger partial charge is 0.352 e. The average molecular weight is 387 g/mol. The van der Waals surface area contributed by atoms with E-state index in [1.807, 2.05) is 65.6 Å². The first kappa shape index (κ1) is 19.2. The molecule has 3 aromatic carbocycles. The van der Waals surface area contributed by atoms with Gasteiger partial charge in [0, 0.05) is 43.6 Å². The van der Waals surface area contributed by atoms with E-state index in [4.69, 9.17) is 5.73 Å². The van der Waals surface area contributed by atoms with Gasteiger partial charge in [0.25, 0.3) is 5.91 Å². The Hall–Kier alpha value is -3.18. The van der Waals surface area contributed by atoms with Crippen LogP contribution in [-0.4, -0.2) is 42.4 Å². The van der Waals surface area contributed by atoms with Crippen molar-refractivity contribution < 1.29 is 9.59 Å². The zero-order valence-corrected chi connectivity index (χ0v) is 16.3. The van der Waals surface area contributed by atoms with Crippen molar-refractivity contribution in [3.63, 3.8) is 0 Å². The zero-order chi connectivity index (χ0) is 20.2. The molecule has 29 heavy (non-hydrogen) atoms. The third kappa shape index (κ3) is 4.30. The minimum Gasteiger partial charge on any atom is -0.352 e. The van der Waals surface area contributed by atoms with Crippen molar-refractivity contribution in [2.75, 3.05) is 19.6 Å². The van der Waals surface area contributed by atoms with Gasteiger partial charge in [-0.25, -0.2) is 0 Å². The molecule has 0 aromatic heterocycles. The number of carbonyl (C=O) groups excluding carboxylic acids is 2. The standard InChI is InChI=1S/C24H25N3O2/c25-22-16-27(15-21(22)18-7-2-1-3-8-18)23(28)12-13-26-24(29)20-11-10-17-6-4-5-9-19(17)14-20/h1-11,14,21-22H,12-13,15-16,25H2,(H,26,29)/t21-,22+/m0/s1. The summed E-state index contributed by atoms with van der Waals surface area (Å²) < 4.78 is 0. The maximum absolute atomic E-state index is 12.6. The molecule has 1 aliphatic rings. The number of nitrogens with zero attached hydrogens (tertiary/aromatic N) is 1. The van der Waals surface area contributed by atoms with Gasteiger partial charge in [-0.05, 0) is 28.5 Å². The average Bonchev–Trinajstić information content (AvgIpc) is 3.15. The number of rotatable bonds is 5. The fourth-order valence-corrected chi connectivity index (χ4v) is 3.96. The smallest absolute Gasteiger partial charge is 0.251 e. The Morgan fingerprint density at radius 1 is 0.931 bits per heavy atom. The fourth-order valence-electron chi connectivity index (χ4n) is 3.96. The van der Waals surface area contributed by atoms with E-state index in [0.29, 0.717) is 25.2 Å². The van der Waals surface area contributed by atoms with Crippen molar-refractivity contribution in [3.05, 3.63) is 83.9 Å². The van der Waals surface area contributed by atoms with Gasteiger partial charge in [0.05, 0.1) is 0 Å². The lowest BCUT2D eigenvalue weighted by atomic mass is 9.95. The van der Waals surface area contributed by atoms with Crippen LogP contribution in [0.1, 0.15) is 28.3 Å². The molecule has 148 valence electrons. The normalized spacial score (nSPS) is 18.7. The summed E-state index contributed by atoms with van der Waals surface area (Å²) in [5.74, 6) is 0.0221. The van der Waals surface area contributed by atoms with Crippen LogP contribution < -0.4 is 11.1 Å². The van der Waals surface area contributed by atoms with Crippen LogP contribution in [0.25, 0.3) is 10.8 Å². The van der Waals surface area contributed by atoms with Gasteiger partial charge in [0.2, 0.25) is 5.91 Å². The predicted octanol–water partition coefficient (Wildman–Crippen LogP) is 2.91. The number of benzene rings is 3. The number of nitrogens with two attached hydrogens (primary N) is 1. The molecule has 0 bridgehead atoms. The van der Waals surface area contributed by atoms with Crippen molar-refractivity contribution >= 4 is 22.6 Å².